The SMILES string of the molecule is COc1cc(C(CC(=O)N2CCOCC2)C2=C(O)C3(Oc4c(Cl)c(OC)cc(OC)c4C3=O)C(C)CC2=O)ccc1O. The van der Waals surface area contributed by atoms with Gasteiger partial charge in [-0.05, 0) is 17.7 Å². The van der Waals surface area contributed by atoms with Gasteiger partial charge in [-0.2, -0.15) is 0 Å². The van der Waals surface area contributed by atoms with Crippen LogP contribution in [0.25, 0.3) is 0 Å². The second kappa shape index (κ2) is 11.4. The van der Waals surface area contributed by atoms with Crippen LogP contribution in [0.5, 0.6) is 28.7 Å². The van der Waals surface area contributed by atoms with E-state index in [1.54, 1.807) is 17.9 Å². The van der Waals surface area contributed by atoms with Gasteiger partial charge in [0.05, 0.1) is 34.5 Å². The molecule has 2 heterocycles. The van der Waals surface area contributed by atoms with E-state index >= 15 is 0 Å². The predicted octanol–water partition coefficient (Wildman–Crippen LogP) is 3.84. The number of hydrogen-bond acceptors (Lipinski definition) is 10. The third kappa shape index (κ3) is 4.60. The Bertz CT molecular complexity index is 1480. The van der Waals surface area contributed by atoms with Crippen molar-refractivity contribution in [1.82, 2.24) is 4.90 Å². The van der Waals surface area contributed by atoms with Gasteiger partial charge in [0.15, 0.2) is 28.8 Å². The molecular formula is C30H32ClNO10. The van der Waals surface area contributed by atoms with Crippen LogP contribution in [0.1, 0.15) is 41.6 Å². The van der Waals surface area contributed by atoms with E-state index in [0.29, 0.717) is 31.9 Å². The summed E-state index contributed by atoms with van der Waals surface area (Å²) in [6.07, 6.45) is -0.365. The minimum Gasteiger partial charge on any atom is -0.507 e. The molecule has 1 amide bonds. The molecule has 1 fully saturated rings. The van der Waals surface area contributed by atoms with Crippen LogP contribution >= 0.6 is 11.6 Å². The molecule has 42 heavy (non-hydrogen) atoms. The van der Waals surface area contributed by atoms with Crippen molar-refractivity contribution in [2.75, 3.05) is 47.6 Å². The fourth-order valence-electron chi connectivity index (χ4n) is 5.95. The van der Waals surface area contributed by atoms with E-state index < -0.39 is 34.8 Å². The number of ketones is 2. The number of carbonyl (C=O) groups excluding carboxylic acids is 3. The van der Waals surface area contributed by atoms with E-state index in [-0.39, 0.29) is 63.7 Å². The number of nitrogens with zero attached hydrogens (tertiary/aromatic N) is 1. The predicted molar refractivity (Wildman–Crippen MR) is 150 cm³/mol. The number of fused-ring (bicyclic) bond motifs is 1. The average Bonchev–Trinajstić information content (AvgIpc) is 3.31. The largest absolute Gasteiger partial charge is 0.507 e. The zero-order chi connectivity index (χ0) is 30.3. The highest BCUT2D eigenvalue weighted by Crippen LogP contribution is 2.56. The molecular weight excluding hydrogens is 570 g/mol. The van der Waals surface area contributed by atoms with Gasteiger partial charge in [-0.1, -0.05) is 24.6 Å². The van der Waals surface area contributed by atoms with E-state index in [1.807, 2.05) is 0 Å². The highest BCUT2D eigenvalue weighted by molar-refractivity contribution is 6.35. The van der Waals surface area contributed by atoms with Gasteiger partial charge in [-0.3, -0.25) is 14.4 Å². The van der Waals surface area contributed by atoms with Crippen LogP contribution in [-0.2, 0) is 14.3 Å². The fourth-order valence-corrected chi connectivity index (χ4v) is 6.22. The minimum atomic E-state index is -2.00. The number of Topliss-reactive ketones (excluding diaryl/α,β-unsaturated/α-hetero) is 2. The summed E-state index contributed by atoms with van der Waals surface area (Å²) in [6, 6.07) is 5.88. The fraction of sp³-hybridized carbons (Fsp3) is 0.433. The number of morpholine rings is 1. The quantitative estimate of drug-likeness (QED) is 0.481. The Morgan fingerprint density at radius 3 is 2.38 bits per heavy atom. The van der Waals surface area contributed by atoms with Gasteiger partial charge in [0.25, 0.3) is 0 Å². The average molecular weight is 602 g/mol. The molecule has 224 valence electrons. The van der Waals surface area contributed by atoms with Gasteiger partial charge in [0.1, 0.15) is 22.1 Å². The molecule has 0 saturated carbocycles. The van der Waals surface area contributed by atoms with Crippen LogP contribution < -0.4 is 18.9 Å². The Kier molecular flexibility index (Phi) is 8.00. The maximum Gasteiger partial charge on any atom is 0.231 e. The molecule has 2 aromatic rings. The van der Waals surface area contributed by atoms with Crippen LogP contribution in [0.15, 0.2) is 35.6 Å². The van der Waals surface area contributed by atoms with Gasteiger partial charge < -0.3 is 38.8 Å². The number of amides is 1. The summed E-state index contributed by atoms with van der Waals surface area (Å²) in [5.41, 5.74) is -1.70. The minimum absolute atomic E-state index is 0.0132. The summed E-state index contributed by atoms with van der Waals surface area (Å²) >= 11 is 6.55. The lowest BCUT2D eigenvalue weighted by Crippen LogP contribution is -2.53. The van der Waals surface area contributed by atoms with Gasteiger partial charge in [-0.25, -0.2) is 0 Å². The van der Waals surface area contributed by atoms with Crippen LogP contribution in [0, 0.1) is 5.92 Å². The number of phenols is 1. The van der Waals surface area contributed by atoms with E-state index in [0.717, 1.165) is 0 Å². The monoisotopic (exact) mass is 601 g/mol. The number of halogens is 1. The summed E-state index contributed by atoms with van der Waals surface area (Å²) in [6.45, 7) is 3.14. The summed E-state index contributed by atoms with van der Waals surface area (Å²) in [5, 5.41) is 22.2. The Balaban J connectivity index is 1.68. The normalized spacial score (nSPS) is 22.6. The van der Waals surface area contributed by atoms with Crippen molar-refractivity contribution in [2.45, 2.75) is 31.3 Å². The molecule has 3 aliphatic rings. The standard InChI is InChI=1S/C30H32ClNO10/c1-15-11-19(34)24(28(36)30(15)29(37)25-21(39-3)14-22(40-4)26(31)27(25)42-30)17(13-23(35)32-7-9-41-10-8-32)16-5-6-18(33)20(12-16)38-2/h5-6,12,14-15,17,33,36H,7-11,13H2,1-4H3. The summed E-state index contributed by atoms with van der Waals surface area (Å²) in [4.78, 5) is 43.1. The molecule has 2 aromatic carbocycles. The van der Waals surface area contributed by atoms with Crippen molar-refractivity contribution >= 4 is 29.1 Å². The first-order valence-electron chi connectivity index (χ1n) is 13.5. The van der Waals surface area contributed by atoms with Gasteiger partial charge in [0.2, 0.25) is 17.3 Å². The third-order valence-electron chi connectivity index (χ3n) is 8.21. The van der Waals surface area contributed by atoms with Crippen molar-refractivity contribution in [3.63, 3.8) is 0 Å². The summed E-state index contributed by atoms with van der Waals surface area (Å²) in [7, 11) is 4.15. The van der Waals surface area contributed by atoms with Crippen LogP contribution in [0.4, 0.5) is 0 Å². The first-order chi connectivity index (χ1) is 20.1. The number of rotatable bonds is 7. The second-order valence-electron chi connectivity index (χ2n) is 10.4. The van der Waals surface area contributed by atoms with Gasteiger partial charge >= 0.3 is 0 Å². The number of aliphatic hydroxyl groups excluding tert-OH is 1. The molecule has 2 aliphatic heterocycles. The number of phenolic OH excluding ortho intramolecular Hbond substituents is 1. The Hall–Kier alpha value is -3.96. The van der Waals surface area contributed by atoms with Crippen molar-refractivity contribution in [3.8, 4) is 28.7 Å². The highest BCUT2D eigenvalue weighted by Gasteiger charge is 2.61. The number of methoxy groups -OCH3 is 3. The van der Waals surface area contributed by atoms with Crippen molar-refractivity contribution in [2.24, 2.45) is 5.92 Å². The Labute approximate surface area is 247 Å². The van der Waals surface area contributed by atoms with Crippen molar-refractivity contribution in [1.29, 1.82) is 0 Å². The molecule has 0 aromatic heterocycles. The molecule has 0 bridgehead atoms. The van der Waals surface area contributed by atoms with Crippen molar-refractivity contribution < 1.29 is 48.3 Å². The number of aliphatic hydroxyl groups is 1. The number of hydrogen-bond donors (Lipinski definition) is 2. The summed E-state index contributed by atoms with van der Waals surface area (Å²) < 4.78 is 27.7. The van der Waals surface area contributed by atoms with E-state index in [4.69, 9.17) is 35.3 Å². The number of benzene rings is 2. The third-order valence-corrected chi connectivity index (χ3v) is 8.57. The lowest BCUT2D eigenvalue weighted by Gasteiger charge is -2.39. The maximum absolute atomic E-state index is 14.2. The number of allylic oxidation sites excluding steroid dienone is 1. The first kappa shape index (κ1) is 29.5. The molecule has 2 N–H and O–H groups in total. The highest BCUT2D eigenvalue weighted by atomic mass is 35.5. The molecule has 12 heteroatoms. The first-order valence-corrected chi connectivity index (χ1v) is 13.8. The molecule has 3 unspecified atom stereocenters. The molecule has 1 spiro atoms. The zero-order valence-electron chi connectivity index (χ0n) is 23.7. The lowest BCUT2D eigenvalue weighted by atomic mass is 9.69. The summed E-state index contributed by atoms with van der Waals surface area (Å²) in [5.74, 6) is -3.47. The van der Waals surface area contributed by atoms with Gasteiger partial charge in [-0.15, -0.1) is 0 Å². The number of carbonyl (C=O) groups is 3. The topological polar surface area (TPSA) is 141 Å². The van der Waals surface area contributed by atoms with E-state index in [9.17, 15) is 24.6 Å². The number of aromatic hydroxyl groups is 1. The molecule has 3 atom stereocenters. The van der Waals surface area contributed by atoms with E-state index in [1.165, 1.54) is 39.5 Å². The maximum atomic E-state index is 14.2. The smallest absolute Gasteiger partial charge is 0.231 e. The van der Waals surface area contributed by atoms with Crippen molar-refractivity contribution in [3.05, 3.63) is 51.7 Å². The Morgan fingerprint density at radius 1 is 1.07 bits per heavy atom. The zero-order valence-corrected chi connectivity index (χ0v) is 24.4. The molecule has 5 rings (SSSR count). The second-order valence-corrected chi connectivity index (χ2v) is 10.8. The molecule has 11 nitrogen and oxygen atoms in total. The van der Waals surface area contributed by atoms with Crippen LogP contribution in [0.2, 0.25) is 5.02 Å². The lowest BCUT2D eigenvalue weighted by molar-refractivity contribution is -0.135. The van der Waals surface area contributed by atoms with Gasteiger partial charge in [0, 0.05) is 49.4 Å². The Morgan fingerprint density at radius 2 is 1.74 bits per heavy atom. The molecule has 1 saturated heterocycles. The van der Waals surface area contributed by atoms with Crippen LogP contribution in [-0.4, -0.2) is 85.8 Å². The molecule has 0 radical (unpaired) electrons. The van der Waals surface area contributed by atoms with Crippen LogP contribution in [0.3, 0.4) is 0 Å². The molecule has 1 aliphatic carbocycles. The number of ether oxygens (including phenoxy) is 5. The van der Waals surface area contributed by atoms with E-state index in [2.05, 4.69) is 0 Å².